The number of nitrogens with one attached hydrogen (secondary N) is 1. The maximum Gasteiger partial charge on any atom is 0.282 e. The third-order valence-corrected chi connectivity index (χ3v) is 8.80. The first-order valence-electron chi connectivity index (χ1n) is 12.9. The van der Waals surface area contributed by atoms with Crippen LogP contribution in [-0.4, -0.2) is 69.9 Å². The molecule has 14 heteroatoms. The van der Waals surface area contributed by atoms with Crippen LogP contribution in [0.3, 0.4) is 0 Å². The second kappa shape index (κ2) is 11.3. The number of aromatic nitrogens is 5. The van der Waals surface area contributed by atoms with Crippen molar-refractivity contribution in [2.24, 2.45) is 0 Å². The molecule has 0 unspecified atom stereocenters. The van der Waals surface area contributed by atoms with Crippen LogP contribution in [-0.2, 0) is 10.0 Å². The van der Waals surface area contributed by atoms with Gasteiger partial charge in [-0.15, -0.1) is 0 Å². The van der Waals surface area contributed by atoms with Gasteiger partial charge in [0.1, 0.15) is 16.9 Å². The Kier molecular flexibility index (Phi) is 7.54. The number of pyridine rings is 1. The van der Waals surface area contributed by atoms with Gasteiger partial charge < -0.3 is 10.2 Å². The number of nitrogens with zero attached hydrogens (tertiary/aromatic N) is 7. The number of rotatable bonds is 6. The molecule has 6 rings (SSSR count). The molecule has 0 atom stereocenters. The number of anilines is 3. The van der Waals surface area contributed by atoms with Gasteiger partial charge in [-0.05, 0) is 48.5 Å². The summed E-state index contributed by atoms with van der Waals surface area (Å²) in [5.41, 5.74) is 2.66. The summed E-state index contributed by atoms with van der Waals surface area (Å²) in [6.07, 6.45) is 4.30. The standard InChI is InChI=1S/C28H24Cl2N8O3S/c1-42(40,41)37-15-13-36(14-16-37)19-10-8-18(9-11-19)33-28-32-17-20-24(34-28)25(23-7-2-3-12-31-23)35-38(27(20)39)26-21(29)5-4-6-22(26)30/h2-12,17H,13-16H2,1H3,(H,32,33,34). The molecule has 2 aromatic carbocycles. The van der Waals surface area contributed by atoms with Crippen LogP contribution in [0, 0.1) is 0 Å². The largest absolute Gasteiger partial charge is 0.369 e. The Bertz CT molecular complexity index is 1930. The van der Waals surface area contributed by atoms with Crippen molar-refractivity contribution in [1.29, 1.82) is 0 Å². The molecule has 1 saturated heterocycles. The number of para-hydroxylation sites is 1. The third kappa shape index (κ3) is 5.53. The molecule has 42 heavy (non-hydrogen) atoms. The summed E-state index contributed by atoms with van der Waals surface area (Å²) in [5.74, 6) is 0.268. The van der Waals surface area contributed by atoms with Gasteiger partial charge in [0.25, 0.3) is 5.56 Å². The van der Waals surface area contributed by atoms with Gasteiger partial charge in [0, 0.05) is 49.9 Å². The van der Waals surface area contributed by atoms with Crippen LogP contribution in [0.2, 0.25) is 10.0 Å². The number of piperazine rings is 1. The zero-order valence-electron chi connectivity index (χ0n) is 22.3. The lowest BCUT2D eigenvalue weighted by Crippen LogP contribution is -2.48. The van der Waals surface area contributed by atoms with Crippen molar-refractivity contribution in [1.82, 2.24) is 29.0 Å². The molecule has 1 aliphatic heterocycles. The van der Waals surface area contributed by atoms with Crippen molar-refractivity contribution >= 4 is 61.5 Å². The molecule has 1 aliphatic rings. The normalized spacial score (nSPS) is 14.3. The van der Waals surface area contributed by atoms with Crippen molar-refractivity contribution in [2.45, 2.75) is 0 Å². The number of hydrogen-bond donors (Lipinski definition) is 1. The van der Waals surface area contributed by atoms with E-state index < -0.39 is 15.6 Å². The van der Waals surface area contributed by atoms with Crippen molar-refractivity contribution in [3.63, 3.8) is 0 Å². The van der Waals surface area contributed by atoms with E-state index >= 15 is 0 Å². The monoisotopic (exact) mass is 622 g/mol. The molecule has 0 saturated carbocycles. The first-order chi connectivity index (χ1) is 20.2. The zero-order chi connectivity index (χ0) is 29.4. The molecule has 0 radical (unpaired) electrons. The Hall–Kier alpha value is -4.10. The SMILES string of the molecule is CS(=O)(=O)N1CCN(c2ccc(Nc3ncc4c(=O)n(-c5c(Cl)cccc5Cl)nc(-c5ccccn5)c4n3)cc2)CC1. The van der Waals surface area contributed by atoms with Crippen LogP contribution in [0.1, 0.15) is 0 Å². The summed E-state index contributed by atoms with van der Waals surface area (Å²) in [5, 5.41) is 8.54. The second-order valence-corrected chi connectivity index (χ2v) is 12.4. The lowest BCUT2D eigenvalue weighted by atomic mass is 10.2. The predicted molar refractivity (Wildman–Crippen MR) is 165 cm³/mol. The minimum Gasteiger partial charge on any atom is -0.369 e. The van der Waals surface area contributed by atoms with Gasteiger partial charge in [0.2, 0.25) is 16.0 Å². The highest BCUT2D eigenvalue weighted by Gasteiger charge is 2.24. The summed E-state index contributed by atoms with van der Waals surface area (Å²) in [7, 11) is -3.19. The fourth-order valence-corrected chi connectivity index (χ4v) is 6.15. The molecule has 4 heterocycles. The predicted octanol–water partition coefficient (Wildman–Crippen LogP) is 4.37. The van der Waals surface area contributed by atoms with Gasteiger partial charge >= 0.3 is 0 Å². The maximum atomic E-state index is 13.6. The van der Waals surface area contributed by atoms with Crippen molar-refractivity contribution in [2.75, 3.05) is 42.7 Å². The molecule has 214 valence electrons. The molecule has 5 aromatic rings. The van der Waals surface area contributed by atoms with E-state index in [2.05, 4.69) is 30.3 Å². The van der Waals surface area contributed by atoms with Crippen molar-refractivity contribution in [3.05, 3.63) is 93.5 Å². The topological polar surface area (TPSA) is 126 Å². The minimum absolute atomic E-state index is 0.218. The van der Waals surface area contributed by atoms with E-state index in [9.17, 15) is 13.2 Å². The summed E-state index contributed by atoms with van der Waals surface area (Å²) >= 11 is 12.8. The Morgan fingerprint density at radius 2 is 1.60 bits per heavy atom. The first-order valence-corrected chi connectivity index (χ1v) is 15.5. The Morgan fingerprint density at radius 1 is 0.881 bits per heavy atom. The number of fused-ring (bicyclic) bond motifs is 1. The number of sulfonamides is 1. The maximum absolute atomic E-state index is 13.6. The van der Waals surface area contributed by atoms with Crippen LogP contribution in [0.15, 0.2) is 77.9 Å². The Balaban J connectivity index is 1.33. The second-order valence-electron chi connectivity index (χ2n) is 9.63. The van der Waals surface area contributed by atoms with Gasteiger partial charge in [-0.3, -0.25) is 9.78 Å². The number of halogens is 2. The molecule has 1 fully saturated rings. The zero-order valence-corrected chi connectivity index (χ0v) is 24.6. The molecular weight excluding hydrogens is 599 g/mol. The summed E-state index contributed by atoms with van der Waals surface area (Å²) in [6, 6.07) is 18.0. The molecule has 11 nitrogen and oxygen atoms in total. The van der Waals surface area contributed by atoms with Crippen LogP contribution in [0.5, 0.6) is 0 Å². The highest BCUT2D eigenvalue weighted by molar-refractivity contribution is 7.88. The first kappa shape index (κ1) is 28.0. The Morgan fingerprint density at radius 3 is 2.24 bits per heavy atom. The lowest BCUT2D eigenvalue weighted by molar-refractivity contribution is 0.388. The van der Waals surface area contributed by atoms with Gasteiger partial charge in [-0.25, -0.2) is 18.4 Å². The van der Waals surface area contributed by atoms with E-state index in [1.165, 1.54) is 16.8 Å². The smallest absolute Gasteiger partial charge is 0.282 e. The van der Waals surface area contributed by atoms with Crippen LogP contribution < -0.4 is 15.8 Å². The van der Waals surface area contributed by atoms with E-state index in [1.54, 1.807) is 36.5 Å². The molecule has 0 aliphatic carbocycles. The van der Waals surface area contributed by atoms with E-state index in [1.807, 2.05) is 30.3 Å². The number of hydrogen-bond acceptors (Lipinski definition) is 9. The summed E-state index contributed by atoms with van der Waals surface area (Å²) in [4.78, 5) is 29.2. The quantitative estimate of drug-likeness (QED) is 0.294. The van der Waals surface area contributed by atoms with E-state index in [-0.39, 0.29) is 27.1 Å². The van der Waals surface area contributed by atoms with Crippen molar-refractivity contribution < 1.29 is 8.42 Å². The van der Waals surface area contributed by atoms with E-state index in [4.69, 9.17) is 23.2 Å². The fraction of sp³-hybridized carbons (Fsp3) is 0.179. The van der Waals surface area contributed by atoms with Crippen LogP contribution in [0.25, 0.3) is 28.0 Å². The molecule has 0 amide bonds. The lowest BCUT2D eigenvalue weighted by Gasteiger charge is -2.34. The summed E-state index contributed by atoms with van der Waals surface area (Å²) < 4.78 is 26.3. The minimum atomic E-state index is -3.19. The van der Waals surface area contributed by atoms with Crippen LogP contribution in [0.4, 0.5) is 17.3 Å². The molecule has 3 aromatic heterocycles. The van der Waals surface area contributed by atoms with Crippen LogP contribution >= 0.6 is 23.2 Å². The van der Waals surface area contributed by atoms with Gasteiger partial charge in [0.05, 0.1) is 27.4 Å². The average Bonchev–Trinajstić information content (AvgIpc) is 2.98. The third-order valence-electron chi connectivity index (χ3n) is 6.89. The molecule has 1 N–H and O–H groups in total. The van der Waals surface area contributed by atoms with Gasteiger partial charge in [-0.2, -0.15) is 14.1 Å². The number of benzene rings is 2. The molecule has 0 bridgehead atoms. The Labute approximate surface area is 251 Å². The fourth-order valence-electron chi connectivity index (χ4n) is 4.77. The van der Waals surface area contributed by atoms with Crippen molar-refractivity contribution in [3.8, 4) is 17.1 Å². The summed E-state index contributed by atoms with van der Waals surface area (Å²) in [6.45, 7) is 2.10. The molecule has 0 spiro atoms. The van der Waals surface area contributed by atoms with Gasteiger partial charge in [0.15, 0.2) is 0 Å². The molecular formula is C28H24Cl2N8O3S. The highest BCUT2D eigenvalue weighted by atomic mass is 35.5. The van der Waals surface area contributed by atoms with E-state index in [0.29, 0.717) is 43.1 Å². The van der Waals surface area contributed by atoms with E-state index in [0.717, 1.165) is 16.1 Å². The highest BCUT2D eigenvalue weighted by Crippen LogP contribution is 2.30. The average molecular weight is 624 g/mol. The van der Waals surface area contributed by atoms with Gasteiger partial charge in [-0.1, -0.05) is 35.3 Å².